The van der Waals surface area contributed by atoms with Crippen LogP contribution in [0.25, 0.3) is 21.8 Å². The highest BCUT2D eigenvalue weighted by molar-refractivity contribution is 9.10. The lowest BCUT2D eigenvalue weighted by atomic mass is 10.2. The van der Waals surface area contributed by atoms with E-state index in [-0.39, 0.29) is 0 Å². The summed E-state index contributed by atoms with van der Waals surface area (Å²) in [5, 5.41) is 2.85. The van der Waals surface area contributed by atoms with Crippen LogP contribution in [0.2, 0.25) is 0 Å². The molecule has 6 heteroatoms. The molecule has 0 spiro atoms. The molecular weight excluding hydrogens is 336 g/mol. The Morgan fingerprint density at radius 3 is 2.60 bits per heavy atom. The lowest BCUT2D eigenvalue weighted by Gasteiger charge is -2.01. The molecule has 2 aromatic heterocycles. The smallest absolute Gasteiger partial charge is 0.137 e. The predicted molar refractivity (Wildman–Crippen MR) is 85.4 cm³/mol. The molecule has 3 aromatic rings. The first kappa shape index (κ1) is 13.2. The van der Waals surface area contributed by atoms with E-state index in [1.807, 2.05) is 36.6 Å². The minimum Gasteiger partial charge on any atom is -0.383 e. The van der Waals surface area contributed by atoms with E-state index in [0.717, 1.165) is 26.3 Å². The molecule has 0 fully saturated rings. The Morgan fingerprint density at radius 1 is 1.15 bits per heavy atom. The molecule has 0 amide bonds. The third kappa shape index (κ3) is 2.57. The molecule has 0 atom stereocenters. The Balaban J connectivity index is 1.99. The van der Waals surface area contributed by atoms with Crippen LogP contribution in [0.3, 0.4) is 0 Å². The van der Waals surface area contributed by atoms with Gasteiger partial charge in [-0.15, -0.1) is 11.3 Å². The number of nitrogens with two attached hydrogens (primary N) is 1. The van der Waals surface area contributed by atoms with Crippen molar-refractivity contribution in [1.82, 2.24) is 15.0 Å². The number of anilines is 1. The molecule has 3 rings (SSSR count). The lowest BCUT2D eigenvalue weighted by molar-refractivity contribution is 1.06. The molecule has 0 radical (unpaired) electrons. The van der Waals surface area contributed by atoms with Gasteiger partial charge in [-0.05, 0) is 19.1 Å². The van der Waals surface area contributed by atoms with Crippen LogP contribution in [0.1, 0.15) is 5.82 Å². The number of rotatable bonds is 2. The summed E-state index contributed by atoms with van der Waals surface area (Å²) < 4.78 is 1.05. The summed E-state index contributed by atoms with van der Waals surface area (Å²) in [7, 11) is 0. The fourth-order valence-electron chi connectivity index (χ4n) is 1.80. The van der Waals surface area contributed by atoms with Crippen molar-refractivity contribution >= 4 is 33.1 Å². The summed E-state index contributed by atoms with van der Waals surface area (Å²) >= 11 is 4.96. The summed E-state index contributed by atoms with van der Waals surface area (Å²) in [4.78, 5) is 13.0. The van der Waals surface area contributed by atoms with Gasteiger partial charge in [-0.25, -0.2) is 15.0 Å². The van der Waals surface area contributed by atoms with Crippen LogP contribution in [0.4, 0.5) is 5.82 Å². The van der Waals surface area contributed by atoms with Crippen LogP contribution in [0.15, 0.2) is 40.3 Å². The van der Waals surface area contributed by atoms with E-state index in [1.165, 1.54) is 11.3 Å². The van der Waals surface area contributed by atoms with Crippen molar-refractivity contribution in [3.05, 3.63) is 46.1 Å². The normalized spacial score (nSPS) is 10.7. The van der Waals surface area contributed by atoms with Gasteiger partial charge >= 0.3 is 0 Å². The predicted octanol–water partition coefficient (Wildman–Crippen LogP) is 3.92. The lowest BCUT2D eigenvalue weighted by Crippen LogP contribution is -1.98. The van der Waals surface area contributed by atoms with Crippen molar-refractivity contribution in [3.63, 3.8) is 0 Å². The monoisotopic (exact) mass is 346 g/mol. The molecule has 0 aliphatic rings. The Bertz CT molecular complexity index is 752. The van der Waals surface area contributed by atoms with Gasteiger partial charge in [0.15, 0.2) is 0 Å². The van der Waals surface area contributed by atoms with Gasteiger partial charge in [0, 0.05) is 21.6 Å². The molecule has 100 valence electrons. The zero-order valence-corrected chi connectivity index (χ0v) is 13.1. The standard InChI is InChI=1S/C14H11BrN4S/c1-8-17-6-11(13(16)18-8)14-19-12(7-20-14)9-2-4-10(15)5-3-9/h2-7H,1H3,(H2,16,17,18). The number of halogens is 1. The average Bonchev–Trinajstić information content (AvgIpc) is 2.89. The molecule has 1 aromatic carbocycles. The number of nitrogens with zero attached hydrogens (tertiary/aromatic N) is 3. The molecular formula is C14H11BrN4S. The van der Waals surface area contributed by atoms with Gasteiger partial charge in [-0.1, -0.05) is 28.1 Å². The van der Waals surface area contributed by atoms with E-state index in [2.05, 4.69) is 30.9 Å². The average molecular weight is 347 g/mol. The van der Waals surface area contributed by atoms with Crippen molar-refractivity contribution < 1.29 is 0 Å². The van der Waals surface area contributed by atoms with E-state index in [0.29, 0.717) is 11.6 Å². The highest BCUT2D eigenvalue weighted by Crippen LogP contribution is 2.31. The van der Waals surface area contributed by atoms with Gasteiger partial charge in [-0.3, -0.25) is 0 Å². The van der Waals surface area contributed by atoms with Crippen molar-refractivity contribution in [3.8, 4) is 21.8 Å². The third-order valence-electron chi connectivity index (χ3n) is 2.81. The first-order valence-electron chi connectivity index (χ1n) is 5.94. The van der Waals surface area contributed by atoms with E-state index < -0.39 is 0 Å². The largest absolute Gasteiger partial charge is 0.383 e. The fourth-order valence-corrected chi connectivity index (χ4v) is 2.91. The Labute approximate surface area is 128 Å². The topological polar surface area (TPSA) is 64.7 Å². The summed E-state index contributed by atoms with van der Waals surface area (Å²) in [5.74, 6) is 1.13. The molecule has 2 N–H and O–H groups in total. The van der Waals surface area contributed by atoms with Crippen molar-refractivity contribution in [2.45, 2.75) is 6.92 Å². The van der Waals surface area contributed by atoms with E-state index in [4.69, 9.17) is 5.73 Å². The Kier molecular flexibility index (Phi) is 3.50. The molecule has 0 aliphatic heterocycles. The zero-order valence-electron chi connectivity index (χ0n) is 10.7. The van der Waals surface area contributed by atoms with E-state index in [9.17, 15) is 0 Å². The second-order valence-electron chi connectivity index (χ2n) is 4.26. The molecule has 0 saturated carbocycles. The zero-order chi connectivity index (χ0) is 14.1. The van der Waals surface area contributed by atoms with Gasteiger partial charge in [-0.2, -0.15) is 0 Å². The Hall–Kier alpha value is -1.79. The maximum absolute atomic E-state index is 5.93. The number of thiazole rings is 1. The van der Waals surface area contributed by atoms with Crippen molar-refractivity contribution in [2.75, 3.05) is 5.73 Å². The van der Waals surface area contributed by atoms with Crippen LogP contribution >= 0.6 is 27.3 Å². The number of hydrogen-bond donors (Lipinski definition) is 1. The maximum Gasteiger partial charge on any atom is 0.137 e. The van der Waals surface area contributed by atoms with E-state index in [1.54, 1.807) is 6.20 Å². The summed E-state index contributed by atoms with van der Waals surface area (Å²) in [5.41, 5.74) is 8.71. The Morgan fingerprint density at radius 2 is 1.90 bits per heavy atom. The van der Waals surface area contributed by atoms with Crippen molar-refractivity contribution in [2.24, 2.45) is 0 Å². The molecule has 20 heavy (non-hydrogen) atoms. The SMILES string of the molecule is Cc1ncc(-c2nc(-c3ccc(Br)cc3)cs2)c(N)n1. The number of nitrogen functional groups attached to an aromatic ring is 1. The number of hydrogen-bond acceptors (Lipinski definition) is 5. The minimum atomic E-state index is 0.467. The molecule has 0 bridgehead atoms. The summed E-state index contributed by atoms with van der Waals surface area (Å²) in [6.07, 6.45) is 1.72. The van der Waals surface area contributed by atoms with Crippen LogP contribution < -0.4 is 5.73 Å². The first-order chi connectivity index (χ1) is 9.63. The summed E-state index contributed by atoms with van der Waals surface area (Å²) in [6.45, 7) is 1.81. The molecule has 0 aliphatic carbocycles. The van der Waals surface area contributed by atoms with Gasteiger partial charge in [0.1, 0.15) is 16.6 Å². The molecule has 2 heterocycles. The maximum atomic E-state index is 5.93. The molecule has 0 saturated heterocycles. The van der Waals surface area contributed by atoms with Crippen LogP contribution in [0, 0.1) is 6.92 Å². The summed E-state index contributed by atoms with van der Waals surface area (Å²) in [6, 6.07) is 8.05. The van der Waals surface area contributed by atoms with Gasteiger partial charge in [0.05, 0.1) is 11.3 Å². The number of benzene rings is 1. The second-order valence-corrected chi connectivity index (χ2v) is 6.03. The van der Waals surface area contributed by atoms with Crippen LogP contribution in [-0.4, -0.2) is 15.0 Å². The van der Waals surface area contributed by atoms with Gasteiger partial charge in [0.25, 0.3) is 0 Å². The number of aryl methyl sites for hydroxylation is 1. The third-order valence-corrected chi connectivity index (χ3v) is 4.22. The number of aromatic nitrogens is 3. The first-order valence-corrected chi connectivity index (χ1v) is 7.62. The van der Waals surface area contributed by atoms with Crippen LogP contribution in [0.5, 0.6) is 0 Å². The van der Waals surface area contributed by atoms with Gasteiger partial charge < -0.3 is 5.73 Å². The van der Waals surface area contributed by atoms with E-state index >= 15 is 0 Å². The molecule has 4 nitrogen and oxygen atoms in total. The molecule has 0 unspecified atom stereocenters. The van der Waals surface area contributed by atoms with Gasteiger partial charge in [0.2, 0.25) is 0 Å². The highest BCUT2D eigenvalue weighted by Gasteiger charge is 2.11. The minimum absolute atomic E-state index is 0.467. The quantitative estimate of drug-likeness (QED) is 0.763. The van der Waals surface area contributed by atoms with Crippen LogP contribution in [-0.2, 0) is 0 Å². The fraction of sp³-hybridized carbons (Fsp3) is 0.0714. The van der Waals surface area contributed by atoms with Crippen molar-refractivity contribution in [1.29, 1.82) is 0 Å². The highest BCUT2D eigenvalue weighted by atomic mass is 79.9. The second kappa shape index (κ2) is 5.30.